The highest BCUT2D eigenvalue weighted by molar-refractivity contribution is 6.04. The molecule has 1 aromatic heterocycles. The van der Waals surface area contributed by atoms with Crippen molar-refractivity contribution in [2.75, 3.05) is 23.5 Å². The van der Waals surface area contributed by atoms with Crippen LogP contribution >= 0.6 is 0 Å². The monoisotopic (exact) mass is 460 g/mol. The Morgan fingerprint density at radius 1 is 1.06 bits per heavy atom. The minimum Gasteiger partial charge on any atom is -0.494 e. The normalized spacial score (nSPS) is 11.4. The fraction of sp³-hybridized carbons (Fsp3) is 0.0909. The number of amides is 2. The van der Waals surface area contributed by atoms with Crippen molar-refractivity contribution >= 4 is 34.2 Å². The van der Waals surface area contributed by atoms with E-state index in [2.05, 4.69) is 15.8 Å². The number of halogens is 4. The summed E-state index contributed by atoms with van der Waals surface area (Å²) in [7, 11) is 1.50. The second-order valence-electron chi connectivity index (χ2n) is 6.93. The van der Waals surface area contributed by atoms with Crippen LogP contribution in [0.2, 0.25) is 0 Å². The predicted molar refractivity (Wildman–Crippen MR) is 114 cm³/mol. The number of hydrogen-bond donors (Lipinski definition) is 3. The van der Waals surface area contributed by atoms with E-state index in [0.717, 1.165) is 5.56 Å². The minimum absolute atomic E-state index is 0.114. The molecule has 4 N–H and O–H groups in total. The number of hydrogen-bond acceptors (Lipinski definition) is 5. The average molecular weight is 460 g/mol. The van der Waals surface area contributed by atoms with E-state index in [9.17, 15) is 22.4 Å². The first-order valence-corrected chi connectivity index (χ1v) is 9.44. The number of nitrogens with zero attached hydrogens (tertiary/aromatic N) is 1. The number of nitrogen functional groups attached to an aromatic ring is 1. The van der Waals surface area contributed by atoms with Gasteiger partial charge in [-0.3, -0.25) is 0 Å². The van der Waals surface area contributed by atoms with Gasteiger partial charge in [0.15, 0.2) is 5.52 Å². The molecule has 0 saturated heterocycles. The van der Waals surface area contributed by atoms with Crippen LogP contribution in [0, 0.1) is 5.82 Å². The molecule has 0 aliphatic heterocycles. The lowest BCUT2D eigenvalue weighted by Gasteiger charge is -2.12. The van der Waals surface area contributed by atoms with E-state index in [4.69, 9.17) is 15.0 Å². The Kier molecular flexibility index (Phi) is 5.54. The first-order chi connectivity index (χ1) is 15.7. The summed E-state index contributed by atoms with van der Waals surface area (Å²) in [5, 5.41) is 9.00. The van der Waals surface area contributed by atoms with Crippen molar-refractivity contribution in [3.05, 3.63) is 66.0 Å². The van der Waals surface area contributed by atoms with Gasteiger partial charge in [-0.15, -0.1) is 0 Å². The Bertz CT molecular complexity index is 1330. The van der Waals surface area contributed by atoms with Gasteiger partial charge in [-0.1, -0.05) is 17.3 Å². The molecule has 0 bridgehead atoms. The highest BCUT2D eigenvalue weighted by atomic mass is 19.4. The molecule has 33 heavy (non-hydrogen) atoms. The number of anilines is 3. The molecule has 0 aliphatic rings. The number of carbonyl (C=O) groups is 1. The molecule has 2 amide bonds. The molecule has 3 aromatic carbocycles. The van der Waals surface area contributed by atoms with Crippen LogP contribution < -0.4 is 21.1 Å². The van der Waals surface area contributed by atoms with E-state index in [1.165, 1.54) is 7.11 Å². The summed E-state index contributed by atoms with van der Waals surface area (Å²) in [6.07, 6.45) is -4.67. The van der Waals surface area contributed by atoms with Crippen molar-refractivity contribution in [1.29, 1.82) is 0 Å². The zero-order chi connectivity index (χ0) is 23.8. The number of carbonyl (C=O) groups excluding carboxylic acids is 1. The predicted octanol–water partition coefficient (Wildman–Crippen LogP) is 5.89. The number of urea groups is 1. The van der Waals surface area contributed by atoms with Crippen LogP contribution in [0.3, 0.4) is 0 Å². The van der Waals surface area contributed by atoms with Crippen LogP contribution in [-0.2, 0) is 6.18 Å². The topological polar surface area (TPSA) is 102 Å². The van der Waals surface area contributed by atoms with E-state index in [1.807, 2.05) is 0 Å². The molecular formula is C22H16F4N4O3. The largest absolute Gasteiger partial charge is 0.494 e. The van der Waals surface area contributed by atoms with Crippen molar-refractivity contribution in [3.63, 3.8) is 0 Å². The second-order valence-corrected chi connectivity index (χ2v) is 6.93. The average Bonchev–Trinajstić information content (AvgIpc) is 3.16. The van der Waals surface area contributed by atoms with Gasteiger partial charge in [0, 0.05) is 5.69 Å². The molecule has 0 saturated carbocycles. The number of fused-ring (bicyclic) bond motifs is 1. The van der Waals surface area contributed by atoms with E-state index in [1.54, 1.807) is 36.4 Å². The fourth-order valence-corrected chi connectivity index (χ4v) is 3.27. The van der Waals surface area contributed by atoms with Crippen molar-refractivity contribution in [3.8, 4) is 16.9 Å². The van der Waals surface area contributed by atoms with Gasteiger partial charge in [-0.05, 0) is 53.6 Å². The summed E-state index contributed by atoms with van der Waals surface area (Å²) in [6.45, 7) is 0. The molecule has 7 nitrogen and oxygen atoms in total. The molecule has 0 unspecified atom stereocenters. The van der Waals surface area contributed by atoms with Crippen LogP contribution in [0.4, 0.5) is 39.6 Å². The second kappa shape index (κ2) is 8.34. The third kappa shape index (κ3) is 4.38. The van der Waals surface area contributed by atoms with E-state index in [-0.39, 0.29) is 5.88 Å². The quantitative estimate of drug-likeness (QED) is 0.330. The number of rotatable bonds is 4. The molecule has 0 spiro atoms. The number of nitrogens with two attached hydrogens (primary N) is 1. The third-order valence-electron chi connectivity index (χ3n) is 4.84. The number of ether oxygens (including phenoxy) is 1. The Balaban J connectivity index is 1.53. The van der Waals surface area contributed by atoms with E-state index < -0.39 is 29.3 Å². The highest BCUT2D eigenvalue weighted by Gasteiger charge is 2.31. The lowest BCUT2D eigenvalue weighted by Crippen LogP contribution is -2.20. The number of nitrogens with one attached hydrogen (secondary N) is 2. The Labute approximate surface area is 184 Å². The molecule has 11 heteroatoms. The molecule has 4 rings (SSSR count). The van der Waals surface area contributed by atoms with Gasteiger partial charge in [0.25, 0.3) is 0 Å². The Morgan fingerprint density at radius 2 is 1.79 bits per heavy atom. The molecule has 0 aliphatic carbocycles. The van der Waals surface area contributed by atoms with Crippen molar-refractivity contribution in [1.82, 2.24) is 5.16 Å². The van der Waals surface area contributed by atoms with Crippen LogP contribution in [0.15, 0.2) is 59.1 Å². The van der Waals surface area contributed by atoms with Crippen LogP contribution in [0.25, 0.3) is 22.0 Å². The summed E-state index contributed by atoms with van der Waals surface area (Å²) in [6, 6.07) is 10.8. The number of benzene rings is 3. The van der Waals surface area contributed by atoms with Gasteiger partial charge in [-0.25, -0.2) is 9.18 Å². The maximum Gasteiger partial charge on any atom is 0.416 e. The molecular weight excluding hydrogens is 444 g/mol. The fourth-order valence-electron chi connectivity index (χ4n) is 3.27. The maximum absolute atomic E-state index is 13.8. The molecule has 0 radical (unpaired) electrons. The van der Waals surface area contributed by atoms with Crippen molar-refractivity contribution < 1.29 is 31.6 Å². The summed E-state index contributed by atoms with van der Waals surface area (Å²) in [4.78, 5) is 12.2. The zero-order valence-corrected chi connectivity index (χ0v) is 17.0. The first kappa shape index (κ1) is 21.9. The molecule has 1 heterocycles. The van der Waals surface area contributed by atoms with Crippen LogP contribution in [0.5, 0.6) is 5.75 Å². The third-order valence-corrected chi connectivity index (χ3v) is 4.84. The maximum atomic E-state index is 13.8. The van der Waals surface area contributed by atoms with Gasteiger partial charge in [0.05, 0.1) is 23.7 Å². The summed E-state index contributed by atoms with van der Waals surface area (Å²) >= 11 is 0. The Hall–Kier alpha value is -4.28. The zero-order valence-electron chi connectivity index (χ0n) is 17.0. The first-order valence-electron chi connectivity index (χ1n) is 9.44. The number of methoxy groups -OCH3 is 1. The van der Waals surface area contributed by atoms with Crippen LogP contribution in [0.1, 0.15) is 5.56 Å². The SMILES string of the molecule is COc1ccc(-c2ccc(NC(=O)Nc3cc(C(F)(F)F)ccc3F)cc2)c2c(N)onc12. The summed E-state index contributed by atoms with van der Waals surface area (Å²) in [5.41, 5.74) is 6.45. The van der Waals surface area contributed by atoms with Crippen LogP contribution in [-0.4, -0.2) is 18.3 Å². The summed E-state index contributed by atoms with van der Waals surface area (Å²) in [5.74, 6) is -0.391. The molecule has 0 atom stereocenters. The van der Waals surface area contributed by atoms with Gasteiger partial charge in [0.2, 0.25) is 5.88 Å². The lowest BCUT2D eigenvalue weighted by atomic mass is 10.0. The highest BCUT2D eigenvalue weighted by Crippen LogP contribution is 2.37. The summed E-state index contributed by atoms with van der Waals surface area (Å²) < 4.78 is 62.7. The lowest BCUT2D eigenvalue weighted by molar-refractivity contribution is -0.137. The Morgan fingerprint density at radius 3 is 2.45 bits per heavy atom. The molecule has 170 valence electrons. The van der Waals surface area contributed by atoms with Crippen molar-refractivity contribution in [2.24, 2.45) is 0 Å². The van der Waals surface area contributed by atoms with Gasteiger partial charge >= 0.3 is 12.2 Å². The van der Waals surface area contributed by atoms with Gasteiger partial charge in [-0.2, -0.15) is 13.2 Å². The van der Waals surface area contributed by atoms with Gasteiger partial charge < -0.3 is 25.6 Å². The molecule has 0 fully saturated rings. The standard InChI is InChI=1S/C22H16F4N4O3/c1-32-17-9-7-14(18-19(17)30-33-20(18)27)11-2-5-13(6-3-11)28-21(31)29-16-10-12(22(24,25)26)4-8-15(16)23/h2-10H,27H2,1H3,(H2,28,29,31). The number of alkyl halides is 3. The smallest absolute Gasteiger partial charge is 0.416 e. The van der Waals surface area contributed by atoms with E-state index >= 15 is 0 Å². The van der Waals surface area contributed by atoms with E-state index in [0.29, 0.717) is 46.1 Å². The minimum atomic E-state index is -4.67. The number of aromatic nitrogens is 1. The van der Waals surface area contributed by atoms with Crippen molar-refractivity contribution in [2.45, 2.75) is 6.18 Å². The molecule has 4 aromatic rings. The van der Waals surface area contributed by atoms with Gasteiger partial charge in [0.1, 0.15) is 11.6 Å².